The molecule has 1 unspecified atom stereocenters. The largest absolute Gasteiger partial charge is 0.393 e. The number of aliphatic hydroxyl groups is 1. The van der Waals surface area contributed by atoms with E-state index in [0.29, 0.717) is 18.4 Å². The molecule has 0 aliphatic carbocycles. The zero-order valence-corrected chi connectivity index (χ0v) is 11.4. The fourth-order valence-corrected chi connectivity index (χ4v) is 1.85. The summed E-state index contributed by atoms with van der Waals surface area (Å²) in [5.41, 5.74) is 0.506. The third-order valence-corrected chi connectivity index (χ3v) is 3.25. The lowest BCUT2D eigenvalue weighted by atomic mass is 9.86. The van der Waals surface area contributed by atoms with Gasteiger partial charge >= 0.3 is 0 Å². The molecule has 1 aromatic carbocycles. The molecule has 1 aromatic rings. The monoisotopic (exact) mass is 258 g/mol. The minimum Gasteiger partial charge on any atom is -0.393 e. The van der Waals surface area contributed by atoms with Gasteiger partial charge in [0.1, 0.15) is 5.82 Å². The minimum atomic E-state index is -0.357. The lowest BCUT2D eigenvalue weighted by molar-refractivity contribution is 0.0540. The lowest BCUT2D eigenvalue weighted by Crippen LogP contribution is -2.25. The number of aliphatic hydroxyl groups excluding tert-OH is 1. The molecule has 0 saturated carbocycles. The van der Waals surface area contributed by atoms with Gasteiger partial charge in [0.15, 0.2) is 0 Å². The van der Waals surface area contributed by atoms with Crippen molar-refractivity contribution >= 4 is 11.6 Å². The van der Waals surface area contributed by atoms with Crippen molar-refractivity contribution in [3.63, 3.8) is 0 Å². The van der Waals surface area contributed by atoms with Crippen LogP contribution in [0.15, 0.2) is 18.2 Å². The molecule has 0 aliphatic heterocycles. The Balaban J connectivity index is 2.49. The van der Waals surface area contributed by atoms with E-state index in [1.807, 2.05) is 20.8 Å². The van der Waals surface area contributed by atoms with Crippen molar-refractivity contribution in [1.29, 1.82) is 0 Å². The first-order chi connectivity index (χ1) is 7.82. The molecule has 96 valence electrons. The summed E-state index contributed by atoms with van der Waals surface area (Å²) < 4.78 is 13.6. The number of aryl methyl sites for hydroxylation is 1. The van der Waals surface area contributed by atoms with Crippen LogP contribution in [0.5, 0.6) is 0 Å². The van der Waals surface area contributed by atoms with Crippen LogP contribution in [-0.4, -0.2) is 11.2 Å². The molecule has 0 radical (unpaired) electrons. The van der Waals surface area contributed by atoms with Crippen LogP contribution in [0.25, 0.3) is 0 Å². The van der Waals surface area contributed by atoms with E-state index >= 15 is 0 Å². The average molecular weight is 259 g/mol. The first-order valence-electron chi connectivity index (χ1n) is 5.93. The van der Waals surface area contributed by atoms with Gasteiger partial charge in [-0.05, 0) is 36.3 Å². The Morgan fingerprint density at radius 3 is 2.59 bits per heavy atom. The molecule has 3 heteroatoms. The standard InChI is InChI=1S/C14H20ClFO/c1-14(2,3)12(17)9-5-7-10-6-4-8-11(15)13(10)16/h4,6,8,12,17H,5,7,9H2,1-3H3. The van der Waals surface area contributed by atoms with Crippen LogP contribution in [0.2, 0.25) is 5.02 Å². The van der Waals surface area contributed by atoms with E-state index in [1.165, 1.54) is 0 Å². The highest BCUT2D eigenvalue weighted by molar-refractivity contribution is 6.30. The number of benzene rings is 1. The molecule has 0 bridgehead atoms. The highest BCUT2D eigenvalue weighted by Crippen LogP contribution is 2.24. The Morgan fingerprint density at radius 1 is 1.35 bits per heavy atom. The molecule has 0 aromatic heterocycles. The molecule has 0 saturated heterocycles. The van der Waals surface area contributed by atoms with Crippen LogP contribution in [0, 0.1) is 11.2 Å². The molecule has 17 heavy (non-hydrogen) atoms. The van der Waals surface area contributed by atoms with Crippen molar-refractivity contribution < 1.29 is 9.50 Å². The second kappa shape index (κ2) is 5.83. The van der Waals surface area contributed by atoms with Gasteiger partial charge in [0.25, 0.3) is 0 Å². The van der Waals surface area contributed by atoms with Crippen molar-refractivity contribution in [3.8, 4) is 0 Å². The van der Waals surface area contributed by atoms with Gasteiger partial charge < -0.3 is 5.11 Å². The molecule has 1 atom stereocenters. The third-order valence-electron chi connectivity index (χ3n) is 2.95. The molecule has 0 spiro atoms. The fraction of sp³-hybridized carbons (Fsp3) is 0.571. The summed E-state index contributed by atoms with van der Waals surface area (Å²) in [6, 6.07) is 5.04. The molecular weight excluding hydrogens is 239 g/mol. The van der Waals surface area contributed by atoms with Gasteiger partial charge in [-0.15, -0.1) is 0 Å². The number of halogens is 2. The summed E-state index contributed by atoms with van der Waals surface area (Å²) in [4.78, 5) is 0. The van der Waals surface area contributed by atoms with E-state index in [4.69, 9.17) is 11.6 Å². The summed E-state index contributed by atoms with van der Waals surface area (Å²) in [7, 11) is 0. The lowest BCUT2D eigenvalue weighted by Gasteiger charge is -2.25. The number of hydrogen-bond donors (Lipinski definition) is 1. The first-order valence-corrected chi connectivity index (χ1v) is 6.31. The first kappa shape index (κ1) is 14.5. The Kier molecular flexibility index (Phi) is 4.96. The van der Waals surface area contributed by atoms with Gasteiger partial charge in [-0.25, -0.2) is 4.39 Å². The zero-order valence-electron chi connectivity index (χ0n) is 10.6. The number of hydrogen-bond acceptors (Lipinski definition) is 1. The van der Waals surface area contributed by atoms with Crippen LogP contribution in [0.1, 0.15) is 39.2 Å². The predicted octanol–water partition coefficient (Wildman–Crippen LogP) is 4.21. The SMILES string of the molecule is CC(C)(C)C(O)CCCc1cccc(Cl)c1F. The quantitative estimate of drug-likeness (QED) is 0.858. The van der Waals surface area contributed by atoms with Gasteiger partial charge in [0.2, 0.25) is 0 Å². The molecule has 0 heterocycles. The van der Waals surface area contributed by atoms with E-state index in [9.17, 15) is 9.50 Å². The molecule has 0 amide bonds. The highest BCUT2D eigenvalue weighted by Gasteiger charge is 2.21. The molecule has 1 rings (SSSR count). The van der Waals surface area contributed by atoms with Gasteiger partial charge in [0, 0.05) is 0 Å². The zero-order chi connectivity index (χ0) is 13.1. The fourth-order valence-electron chi connectivity index (χ4n) is 1.66. The summed E-state index contributed by atoms with van der Waals surface area (Å²) in [6.45, 7) is 5.99. The second-order valence-corrected chi connectivity index (χ2v) is 5.89. The highest BCUT2D eigenvalue weighted by atomic mass is 35.5. The Labute approximate surface area is 108 Å². The minimum absolute atomic E-state index is 0.118. The summed E-state index contributed by atoms with van der Waals surface area (Å²) >= 11 is 5.70. The predicted molar refractivity (Wildman–Crippen MR) is 69.8 cm³/mol. The van der Waals surface area contributed by atoms with E-state index in [-0.39, 0.29) is 22.4 Å². The van der Waals surface area contributed by atoms with E-state index in [2.05, 4.69) is 0 Å². The maximum absolute atomic E-state index is 13.6. The van der Waals surface area contributed by atoms with Crippen LogP contribution >= 0.6 is 11.6 Å². The Hall–Kier alpha value is -0.600. The topological polar surface area (TPSA) is 20.2 Å². The Morgan fingerprint density at radius 2 is 2.00 bits per heavy atom. The van der Waals surface area contributed by atoms with Crippen LogP contribution in [-0.2, 0) is 6.42 Å². The summed E-state index contributed by atoms with van der Waals surface area (Å²) in [6.07, 6.45) is 1.69. The average Bonchev–Trinajstić information content (AvgIpc) is 2.22. The van der Waals surface area contributed by atoms with Gasteiger partial charge in [0.05, 0.1) is 11.1 Å². The van der Waals surface area contributed by atoms with Crippen molar-refractivity contribution in [2.45, 2.75) is 46.1 Å². The van der Waals surface area contributed by atoms with Crippen LogP contribution in [0.4, 0.5) is 4.39 Å². The maximum atomic E-state index is 13.6. The summed E-state index contributed by atoms with van der Waals surface area (Å²) in [5.74, 6) is -0.334. The number of rotatable bonds is 4. The van der Waals surface area contributed by atoms with Crippen LogP contribution < -0.4 is 0 Å². The molecule has 0 aliphatic rings. The third kappa shape index (κ3) is 4.29. The smallest absolute Gasteiger partial charge is 0.144 e. The molecule has 1 N–H and O–H groups in total. The second-order valence-electron chi connectivity index (χ2n) is 5.49. The molecule has 1 nitrogen and oxygen atoms in total. The van der Waals surface area contributed by atoms with Crippen molar-refractivity contribution in [2.75, 3.05) is 0 Å². The van der Waals surface area contributed by atoms with E-state index < -0.39 is 0 Å². The normalized spacial score (nSPS) is 13.8. The molecule has 0 fully saturated rings. The van der Waals surface area contributed by atoms with E-state index in [1.54, 1.807) is 18.2 Å². The van der Waals surface area contributed by atoms with Gasteiger partial charge in [-0.3, -0.25) is 0 Å². The summed E-state index contributed by atoms with van der Waals surface area (Å²) in [5, 5.41) is 10.0. The van der Waals surface area contributed by atoms with E-state index in [0.717, 1.165) is 6.42 Å². The van der Waals surface area contributed by atoms with Gasteiger partial charge in [-0.1, -0.05) is 44.5 Å². The van der Waals surface area contributed by atoms with Crippen LogP contribution in [0.3, 0.4) is 0 Å². The molecular formula is C14H20ClFO. The maximum Gasteiger partial charge on any atom is 0.144 e. The van der Waals surface area contributed by atoms with Crippen molar-refractivity contribution in [1.82, 2.24) is 0 Å². The Bertz CT molecular complexity index is 371. The van der Waals surface area contributed by atoms with Crippen molar-refractivity contribution in [2.24, 2.45) is 5.41 Å². The van der Waals surface area contributed by atoms with Crippen molar-refractivity contribution in [3.05, 3.63) is 34.6 Å². The van der Waals surface area contributed by atoms with Gasteiger partial charge in [-0.2, -0.15) is 0 Å².